The van der Waals surface area contributed by atoms with Gasteiger partial charge in [-0.3, -0.25) is 14.4 Å². The van der Waals surface area contributed by atoms with Crippen molar-refractivity contribution in [3.63, 3.8) is 0 Å². The number of hydrogen-bond donors (Lipinski definition) is 6. The van der Waals surface area contributed by atoms with Crippen molar-refractivity contribution in [3.8, 4) is 0 Å². The summed E-state index contributed by atoms with van der Waals surface area (Å²) >= 11 is 0. The van der Waals surface area contributed by atoms with Crippen LogP contribution in [0.25, 0.3) is 0 Å². The van der Waals surface area contributed by atoms with Crippen molar-refractivity contribution in [3.05, 3.63) is 35.5 Å². The molecule has 0 bridgehead atoms. The zero-order valence-electron chi connectivity index (χ0n) is 27.9. The first-order valence-corrected chi connectivity index (χ1v) is 16.1. The average Bonchev–Trinajstić information content (AvgIpc) is 2.95. The van der Waals surface area contributed by atoms with Crippen LogP contribution in [0.5, 0.6) is 0 Å². The maximum Gasteiger partial charge on any atom is 0.247 e. The molecule has 0 aliphatic rings. The maximum absolute atomic E-state index is 11.1. The van der Waals surface area contributed by atoms with Crippen molar-refractivity contribution in [2.75, 3.05) is 19.6 Å². The third-order valence-electron chi connectivity index (χ3n) is 5.74. The molecule has 0 fully saturated rings. The molecule has 0 aromatic rings. The molecule has 0 aliphatic heterocycles. The SMILES string of the molecule is CCCCNC(=O)C=C(O)CCCC.CCCCNC(=O)C=C(O)CCCC.CCCCNC(=O)C=C(O)CCCC.[Fe]. The fraction of sp³-hybridized carbons (Fsp3) is 0.727. The van der Waals surface area contributed by atoms with Gasteiger partial charge in [-0.25, -0.2) is 0 Å². The van der Waals surface area contributed by atoms with Crippen LogP contribution in [-0.4, -0.2) is 52.7 Å². The summed E-state index contributed by atoms with van der Waals surface area (Å²) in [7, 11) is 0. The predicted molar refractivity (Wildman–Crippen MR) is 174 cm³/mol. The number of carbonyl (C=O) groups excluding carboxylic acids is 3. The third-order valence-corrected chi connectivity index (χ3v) is 5.74. The van der Waals surface area contributed by atoms with E-state index in [4.69, 9.17) is 0 Å². The van der Waals surface area contributed by atoms with Gasteiger partial charge in [0.25, 0.3) is 0 Å². The molecule has 43 heavy (non-hydrogen) atoms. The molecule has 254 valence electrons. The van der Waals surface area contributed by atoms with E-state index in [1.54, 1.807) is 0 Å². The van der Waals surface area contributed by atoms with Crippen LogP contribution < -0.4 is 16.0 Å². The van der Waals surface area contributed by atoms with Crippen LogP contribution in [0.15, 0.2) is 35.5 Å². The Balaban J connectivity index is -0.000000262. The van der Waals surface area contributed by atoms with Gasteiger partial charge >= 0.3 is 0 Å². The molecule has 10 heteroatoms. The largest absolute Gasteiger partial charge is 0.512 e. The van der Waals surface area contributed by atoms with E-state index in [-0.39, 0.29) is 52.1 Å². The van der Waals surface area contributed by atoms with Gasteiger partial charge < -0.3 is 31.3 Å². The molecule has 0 aromatic carbocycles. The smallest absolute Gasteiger partial charge is 0.247 e. The van der Waals surface area contributed by atoms with Crippen LogP contribution >= 0.6 is 0 Å². The molecule has 0 atom stereocenters. The topological polar surface area (TPSA) is 148 Å². The fourth-order valence-electron chi connectivity index (χ4n) is 3.06. The normalized spacial score (nSPS) is 11.2. The Morgan fingerprint density at radius 2 is 0.651 bits per heavy atom. The summed E-state index contributed by atoms with van der Waals surface area (Å²) in [6, 6.07) is 0. The maximum atomic E-state index is 11.1. The van der Waals surface area contributed by atoms with Crippen molar-refractivity contribution >= 4 is 17.7 Å². The van der Waals surface area contributed by atoms with Crippen molar-refractivity contribution < 1.29 is 46.8 Å². The van der Waals surface area contributed by atoms with Gasteiger partial charge in [0.05, 0.1) is 17.3 Å². The number of aliphatic hydroxyl groups is 3. The Hall–Kier alpha value is -2.45. The molecule has 0 aromatic heterocycles. The number of amides is 3. The van der Waals surface area contributed by atoms with Gasteiger partial charge in [0, 0.05) is 74.2 Å². The van der Waals surface area contributed by atoms with Gasteiger partial charge in [0.2, 0.25) is 17.7 Å². The summed E-state index contributed by atoms with van der Waals surface area (Å²) in [6.07, 6.45) is 17.6. The Kier molecular flexibility index (Phi) is 41.5. The summed E-state index contributed by atoms with van der Waals surface area (Å²) in [6.45, 7) is 14.4. The van der Waals surface area contributed by atoms with Gasteiger partial charge in [-0.2, -0.15) is 0 Å². The second kappa shape index (κ2) is 37.6. The van der Waals surface area contributed by atoms with Crippen LogP contribution in [0.2, 0.25) is 0 Å². The number of allylic oxidation sites excluding steroid dienone is 3. The van der Waals surface area contributed by atoms with Gasteiger partial charge in [-0.05, 0) is 38.5 Å². The van der Waals surface area contributed by atoms with E-state index in [0.29, 0.717) is 38.9 Å². The van der Waals surface area contributed by atoms with E-state index >= 15 is 0 Å². The zero-order chi connectivity index (χ0) is 32.4. The standard InChI is InChI=1S/3C11H21NO2.Fe/c3*1-3-5-7-10(13)9-11(14)12-8-6-4-2;/h3*9,13H,3-8H2,1-2H3,(H,12,14);. The Morgan fingerprint density at radius 3 is 0.837 bits per heavy atom. The van der Waals surface area contributed by atoms with Crippen LogP contribution in [0, 0.1) is 0 Å². The molecule has 0 heterocycles. The van der Waals surface area contributed by atoms with Crippen LogP contribution in [0.3, 0.4) is 0 Å². The average molecular weight is 654 g/mol. The summed E-state index contributed by atoms with van der Waals surface area (Å²) in [5.41, 5.74) is 0. The van der Waals surface area contributed by atoms with Crippen molar-refractivity contribution in [2.45, 2.75) is 138 Å². The molecule has 3 amide bonds. The minimum Gasteiger partial charge on any atom is -0.512 e. The molecule has 0 saturated heterocycles. The third kappa shape index (κ3) is 41.7. The van der Waals surface area contributed by atoms with E-state index < -0.39 is 0 Å². The van der Waals surface area contributed by atoms with Crippen LogP contribution in [-0.2, 0) is 31.5 Å². The molecular formula is C33H63FeN3O6. The first kappa shape index (κ1) is 47.5. The molecule has 0 unspecified atom stereocenters. The molecule has 0 aliphatic carbocycles. The van der Waals surface area contributed by atoms with Crippen molar-refractivity contribution in [1.82, 2.24) is 16.0 Å². The number of rotatable bonds is 21. The quantitative estimate of drug-likeness (QED) is 0.0325. The van der Waals surface area contributed by atoms with Crippen molar-refractivity contribution in [1.29, 1.82) is 0 Å². The van der Waals surface area contributed by atoms with E-state index in [1.807, 2.05) is 0 Å². The zero-order valence-corrected chi connectivity index (χ0v) is 29.0. The first-order chi connectivity index (χ1) is 20.1. The minimum atomic E-state index is -0.188. The second-order valence-electron chi connectivity index (χ2n) is 10.2. The molecular weight excluding hydrogens is 590 g/mol. The summed E-state index contributed by atoms with van der Waals surface area (Å²) < 4.78 is 0. The number of hydrogen-bond acceptors (Lipinski definition) is 6. The van der Waals surface area contributed by atoms with Crippen LogP contribution in [0.4, 0.5) is 0 Å². The van der Waals surface area contributed by atoms with Gasteiger partial charge in [0.15, 0.2) is 0 Å². The molecule has 0 saturated carbocycles. The summed E-state index contributed by atoms with van der Waals surface area (Å²) in [5, 5.41) is 36.1. The Morgan fingerprint density at radius 1 is 0.442 bits per heavy atom. The Bertz CT molecular complexity index is 670. The van der Waals surface area contributed by atoms with Gasteiger partial charge in [0.1, 0.15) is 0 Å². The molecule has 0 radical (unpaired) electrons. The fourth-order valence-corrected chi connectivity index (χ4v) is 3.06. The molecule has 0 spiro atoms. The van der Waals surface area contributed by atoms with E-state index in [2.05, 4.69) is 57.5 Å². The molecule has 9 nitrogen and oxygen atoms in total. The van der Waals surface area contributed by atoms with Gasteiger partial charge in [-0.1, -0.05) is 80.1 Å². The summed E-state index contributed by atoms with van der Waals surface area (Å²) in [4.78, 5) is 33.4. The van der Waals surface area contributed by atoms with Gasteiger partial charge in [-0.15, -0.1) is 0 Å². The van der Waals surface area contributed by atoms with E-state index in [0.717, 1.165) is 77.0 Å². The monoisotopic (exact) mass is 653 g/mol. The first-order valence-electron chi connectivity index (χ1n) is 16.1. The van der Waals surface area contributed by atoms with E-state index in [1.165, 1.54) is 18.2 Å². The minimum absolute atomic E-state index is 0. The molecule has 0 rings (SSSR count). The van der Waals surface area contributed by atoms with E-state index in [9.17, 15) is 29.7 Å². The summed E-state index contributed by atoms with van der Waals surface area (Å²) in [5.74, 6) is -0.0197. The number of unbranched alkanes of at least 4 members (excludes halogenated alkanes) is 6. The number of aliphatic hydroxyl groups excluding tert-OH is 3. The predicted octanol–water partition coefficient (Wildman–Crippen LogP) is 7.60. The molecule has 6 N–H and O–H groups in total. The second-order valence-corrected chi connectivity index (χ2v) is 10.2. The number of carbonyl (C=O) groups is 3. The van der Waals surface area contributed by atoms with Crippen LogP contribution in [0.1, 0.15) is 138 Å². The van der Waals surface area contributed by atoms with Crippen molar-refractivity contribution in [2.24, 2.45) is 0 Å². The Labute approximate surface area is 272 Å². The number of nitrogens with one attached hydrogen (secondary N) is 3.